The minimum atomic E-state index is -3.87. The van der Waals surface area contributed by atoms with Crippen molar-refractivity contribution >= 4 is 33.2 Å². The largest absolute Gasteiger partial charge is 0.490 e. The standard InChI is InChI=1S/C38H52ClN3O6S/c1-4-30-9-5-6-10-32(37-46-21-29(22-47-37)41(2)3)31-14-11-27(31)20-42-23-38(17-7-8-25-18-28(39)13-15-33(25)38)24-48-35-16-12-26(19-34(35)42)36(43)40-49(30,44)45/h12-13,15-16,18-19,27,29-32,37H,4-11,14,17,20-24H2,1-3H3,(H,40,43)/t27-,29-,30+,31-,32-,37+,38-/m0/s1. The Morgan fingerprint density at radius 1 is 1.00 bits per heavy atom. The number of ether oxygens (including phenoxy) is 3. The molecule has 0 unspecified atom stereocenters. The Hall–Kier alpha value is -2.37. The number of hydrogen-bond donors (Lipinski definition) is 1. The fourth-order valence-electron chi connectivity index (χ4n) is 9.13. The first-order valence-electron chi connectivity index (χ1n) is 18.3. The molecule has 1 amide bonds. The van der Waals surface area contributed by atoms with Crippen LogP contribution in [0.1, 0.15) is 86.2 Å². The summed E-state index contributed by atoms with van der Waals surface area (Å²) in [5.41, 5.74) is 3.51. The van der Waals surface area contributed by atoms with Gasteiger partial charge in [-0.25, -0.2) is 13.1 Å². The van der Waals surface area contributed by atoms with E-state index < -0.39 is 21.2 Å². The molecular formula is C38H52ClN3O6S. The predicted octanol–water partition coefficient (Wildman–Crippen LogP) is 6.17. The van der Waals surface area contributed by atoms with E-state index >= 15 is 0 Å². The Morgan fingerprint density at radius 2 is 1.80 bits per heavy atom. The number of carbonyl (C=O) groups is 1. The van der Waals surface area contributed by atoms with Gasteiger partial charge in [0.15, 0.2) is 6.29 Å². The summed E-state index contributed by atoms with van der Waals surface area (Å²) in [6, 6.07) is 11.9. The maximum Gasteiger partial charge on any atom is 0.264 e. The molecule has 0 radical (unpaired) electrons. The molecule has 2 aromatic rings. The lowest BCUT2D eigenvalue weighted by molar-refractivity contribution is -0.240. The molecule has 2 aromatic carbocycles. The first kappa shape index (κ1) is 35.1. The number of halogens is 1. The number of benzene rings is 2. The highest BCUT2D eigenvalue weighted by Gasteiger charge is 2.46. The summed E-state index contributed by atoms with van der Waals surface area (Å²) in [6.45, 7) is 5.25. The van der Waals surface area contributed by atoms with Crippen LogP contribution in [0.4, 0.5) is 5.69 Å². The second kappa shape index (κ2) is 14.3. The lowest BCUT2D eigenvalue weighted by Crippen LogP contribution is -2.52. The van der Waals surface area contributed by atoms with Crippen LogP contribution >= 0.6 is 11.6 Å². The molecular weight excluding hydrogens is 662 g/mol. The molecule has 7 rings (SSSR count). The number of carbonyl (C=O) groups excluding carboxylic acids is 1. The number of anilines is 1. The summed E-state index contributed by atoms with van der Waals surface area (Å²) in [4.78, 5) is 18.2. The highest BCUT2D eigenvalue weighted by Crippen LogP contribution is 2.49. The van der Waals surface area contributed by atoms with Gasteiger partial charge in [0, 0.05) is 35.0 Å². The molecule has 1 N–H and O–H groups in total. The van der Waals surface area contributed by atoms with Crippen LogP contribution in [0.5, 0.6) is 5.75 Å². The van der Waals surface area contributed by atoms with Crippen LogP contribution < -0.4 is 14.4 Å². The van der Waals surface area contributed by atoms with Crippen molar-refractivity contribution < 1.29 is 27.4 Å². The average Bonchev–Trinajstić information content (AvgIpc) is 3.22. The molecule has 1 spiro atoms. The zero-order valence-electron chi connectivity index (χ0n) is 29.2. The topological polar surface area (TPSA) is 97.4 Å². The summed E-state index contributed by atoms with van der Waals surface area (Å²) in [6.07, 6.45) is 8.53. The number of nitrogens with zero attached hydrogens (tertiary/aromatic N) is 2. The smallest absolute Gasteiger partial charge is 0.264 e. The number of aryl methyl sites for hydroxylation is 1. The monoisotopic (exact) mass is 713 g/mol. The molecule has 3 aliphatic heterocycles. The normalized spacial score (nSPS) is 33.4. The number of likely N-dealkylation sites (N-methyl/N-ethyl adjacent to an activating group) is 1. The van der Waals surface area contributed by atoms with Gasteiger partial charge < -0.3 is 24.0 Å². The van der Waals surface area contributed by atoms with Crippen LogP contribution in [0, 0.1) is 17.8 Å². The number of fused-ring (bicyclic) bond motifs is 4. The third kappa shape index (κ3) is 7.10. The highest BCUT2D eigenvalue weighted by molar-refractivity contribution is 7.90. The molecule has 11 heteroatoms. The van der Waals surface area contributed by atoms with Gasteiger partial charge in [-0.15, -0.1) is 0 Å². The van der Waals surface area contributed by atoms with Gasteiger partial charge in [0.25, 0.3) is 5.91 Å². The van der Waals surface area contributed by atoms with Gasteiger partial charge in [0.05, 0.1) is 36.8 Å². The van der Waals surface area contributed by atoms with Crippen LogP contribution in [0.25, 0.3) is 0 Å². The van der Waals surface area contributed by atoms with Crippen molar-refractivity contribution in [3.8, 4) is 5.75 Å². The molecule has 3 heterocycles. The maximum atomic E-state index is 13.6. The summed E-state index contributed by atoms with van der Waals surface area (Å²) in [5.74, 6) is 1.22. The molecule has 1 saturated heterocycles. The average molecular weight is 714 g/mol. The molecule has 5 aliphatic rings. The first-order valence-corrected chi connectivity index (χ1v) is 20.3. The second-order valence-electron chi connectivity index (χ2n) is 15.4. The van der Waals surface area contributed by atoms with Gasteiger partial charge in [-0.3, -0.25) is 4.79 Å². The number of hydrogen-bond acceptors (Lipinski definition) is 8. The Kier molecular flexibility index (Phi) is 10.3. The summed E-state index contributed by atoms with van der Waals surface area (Å²) < 4.78 is 49.0. The molecule has 2 bridgehead atoms. The molecule has 0 aromatic heterocycles. The minimum Gasteiger partial charge on any atom is -0.490 e. The molecule has 2 aliphatic carbocycles. The van der Waals surface area contributed by atoms with E-state index in [2.05, 4.69) is 40.7 Å². The quantitative estimate of drug-likeness (QED) is 0.404. The third-order valence-electron chi connectivity index (χ3n) is 12.2. The first-order chi connectivity index (χ1) is 23.6. The lowest BCUT2D eigenvalue weighted by Gasteiger charge is -2.49. The van der Waals surface area contributed by atoms with Crippen LogP contribution in [0.2, 0.25) is 5.02 Å². The van der Waals surface area contributed by atoms with E-state index in [-0.39, 0.29) is 23.7 Å². The van der Waals surface area contributed by atoms with E-state index in [0.717, 1.165) is 80.9 Å². The molecule has 5 atom stereocenters. The van der Waals surface area contributed by atoms with Gasteiger partial charge in [-0.1, -0.05) is 37.4 Å². The maximum absolute atomic E-state index is 13.6. The fraction of sp³-hybridized carbons (Fsp3) is 0.658. The number of sulfonamides is 1. The molecule has 2 fully saturated rings. The zero-order chi connectivity index (χ0) is 34.3. The van der Waals surface area contributed by atoms with Crippen molar-refractivity contribution in [3.05, 3.63) is 58.1 Å². The lowest BCUT2D eigenvalue weighted by atomic mass is 9.64. The van der Waals surface area contributed by atoms with E-state index in [1.807, 2.05) is 25.1 Å². The van der Waals surface area contributed by atoms with Crippen molar-refractivity contribution in [2.45, 2.75) is 94.1 Å². The van der Waals surface area contributed by atoms with E-state index in [1.165, 1.54) is 11.1 Å². The molecule has 1 saturated carbocycles. The SMILES string of the molecule is CC[C@@H]1CCCC[C@H]([C@H]2OC[C@@H](N(C)C)CO2)[C@H]2CC[C@H]2CN2C[C@@]3(CCCc4cc(Cl)ccc43)COc3ccc(cc32)C(=O)NS1(=O)=O. The van der Waals surface area contributed by atoms with Crippen LogP contribution in [-0.4, -0.2) is 83.8 Å². The molecule has 268 valence electrons. The number of rotatable bonds is 3. The van der Waals surface area contributed by atoms with Crippen molar-refractivity contribution in [3.63, 3.8) is 0 Å². The van der Waals surface area contributed by atoms with Gasteiger partial charge in [-0.2, -0.15) is 0 Å². The summed E-state index contributed by atoms with van der Waals surface area (Å²) >= 11 is 6.47. The summed E-state index contributed by atoms with van der Waals surface area (Å²) in [5, 5.41) is 0.115. The molecule has 49 heavy (non-hydrogen) atoms. The number of nitrogens with one attached hydrogen (secondary N) is 1. The van der Waals surface area contributed by atoms with Crippen molar-refractivity contribution in [2.75, 3.05) is 51.9 Å². The van der Waals surface area contributed by atoms with E-state index in [4.69, 9.17) is 25.8 Å². The van der Waals surface area contributed by atoms with Crippen LogP contribution in [-0.2, 0) is 31.3 Å². The van der Waals surface area contributed by atoms with Gasteiger partial charge >= 0.3 is 0 Å². The van der Waals surface area contributed by atoms with E-state index in [0.29, 0.717) is 50.1 Å². The Balaban J connectivity index is 1.26. The van der Waals surface area contributed by atoms with Gasteiger partial charge in [0.1, 0.15) is 5.75 Å². The van der Waals surface area contributed by atoms with E-state index in [1.54, 1.807) is 6.07 Å². The van der Waals surface area contributed by atoms with Gasteiger partial charge in [0.2, 0.25) is 10.0 Å². The van der Waals surface area contributed by atoms with Crippen molar-refractivity contribution in [1.29, 1.82) is 0 Å². The highest BCUT2D eigenvalue weighted by atomic mass is 35.5. The van der Waals surface area contributed by atoms with E-state index in [9.17, 15) is 13.2 Å². The Morgan fingerprint density at radius 3 is 2.53 bits per heavy atom. The molecule has 9 nitrogen and oxygen atoms in total. The minimum absolute atomic E-state index is 0.228. The van der Waals surface area contributed by atoms with Gasteiger partial charge in [-0.05, 0) is 119 Å². The third-order valence-corrected chi connectivity index (χ3v) is 14.4. The zero-order valence-corrected chi connectivity index (χ0v) is 30.7. The van der Waals surface area contributed by atoms with Crippen LogP contribution in [0.3, 0.4) is 0 Å². The second-order valence-corrected chi connectivity index (χ2v) is 17.8. The van der Waals surface area contributed by atoms with Crippen molar-refractivity contribution in [1.82, 2.24) is 9.62 Å². The number of amides is 1. The predicted molar refractivity (Wildman–Crippen MR) is 192 cm³/mol. The Labute approximate surface area is 297 Å². The fourth-order valence-corrected chi connectivity index (χ4v) is 10.8. The Bertz CT molecular complexity index is 1630. The van der Waals surface area contributed by atoms with Crippen molar-refractivity contribution in [2.24, 2.45) is 17.8 Å². The van der Waals surface area contributed by atoms with Crippen LogP contribution in [0.15, 0.2) is 36.4 Å². The summed E-state index contributed by atoms with van der Waals surface area (Å²) in [7, 11) is 0.259.